The van der Waals surface area contributed by atoms with Gasteiger partial charge in [-0.15, -0.1) is 0 Å². The zero-order chi connectivity index (χ0) is 12.7. The van der Waals surface area contributed by atoms with Crippen LogP contribution in [0.4, 0.5) is 0 Å². The van der Waals surface area contributed by atoms with E-state index in [1.54, 1.807) is 6.07 Å². The van der Waals surface area contributed by atoms with E-state index in [4.69, 9.17) is 34.4 Å². The fraction of sp³-hybridized carbons (Fsp3) is 0.857. The Kier molecular flexibility index (Phi) is 30.7. The molecule has 0 radical (unpaired) electrons. The number of rotatable bonds is 0. The van der Waals surface area contributed by atoms with Gasteiger partial charge in [0.2, 0.25) is 0 Å². The third-order valence-corrected chi connectivity index (χ3v) is 0.827. The Morgan fingerprint density at radius 1 is 1.19 bits per heavy atom. The summed E-state index contributed by atoms with van der Waals surface area (Å²) in [6.07, 6.45) is 2.56. The molecule has 1 aliphatic heterocycles. The van der Waals surface area contributed by atoms with Gasteiger partial charge >= 0.3 is 7.82 Å². The predicted octanol–water partition coefficient (Wildman–Crippen LogP) is -0.818. The second kappa shape index (κ2) is 20.0. The SMILES string of the molecule is C1CCOC1.CC#N.CO.O.O=P(O)(O)O. The molecule has 0 spiro atoms. The molecule has 0 aromatic carbocycles. The van der Waals surface area contributed by atoms with Crippen LogP contribution in [0.5, 0.6) is 0 Å². The number of aliphatic hydroxyl groups excluding tert-OH is 1. The molecule has 16 heavy (non-hydrogen) atoms. The first-order valence-corrected chi connectivity index (χ1v) is 5.60. The maximum Gasteiger partial charge on any atom is 0.466 e. The quantitative estimate of drug-likeness (QED) is 0.414. The topological polar surface area (TPSA) is 163 Å². The van der Waals surface area contributed by atoms with Crippen LogP contribution in [0.15, 0.2) is 0 Å². The van der Waals surface area contributed by atoms with E-state index in [1.165, 1.54) is 19.8 Å². The third kappa shape index (κ3) is 105. The lowest BCUT2D eigenvalue weighted by molar-refractivity contribution is 0.198. The van der Waals surface area contributed by atoms with Crippen molar-refractivity contribution in [2.24, 2.45) is 0 Å². The normalized spacial score (nSPS) is 12.1. The number of nitriles is 1. The van der Waals surface area contributed by atoms with Gasteiger partial charge in [-0.3, -0.25) is 0 Å². The molecular weight excluding hydrogens is 241 g/mol. The lowest BCUT2D eigenvalue weighted by Crippen LogP contribution is -1.74. The maximum absolute atomic E-state index is 8.88. The average molecular weight is 261 g/mol. The molecule has 0 saturated carbocycles. The van der Waals surface area contributed by atoms with Crippen molar-refractivity contribution in [2.75, 3.05) is 20.3 Å². The number of ether oxygens (including phenoxy) is 1. The second-order valence-corrected chi connectivity index (χ2v) is 3.08. The number of aliphatic hydroxyl groups is 1. The van der Waals surface area contributed by atoms with E-state index in [0.717, 1.165) is 20.3 Å². The molecule has 1 heterocycles. The summed E-state index contributed by atoms with van der Waals surface area (Å²) in [5.74, 6) is 0. The molecular formula is C7H20NO7P. The molecule has 6 N–H and O–H groups in total. The summed E-state index contributed by atoms with van der Waals surface area (Å²) >= 11 is 0. The Labute approximate surface area is 94.7 Å². The molecule has 100 valence electrons. The van der Waals surface area contributed by atoms with Crippen LogP contribution < -0.4 is 0 Å². The van der Waals surface area contributed by atoms with Gasteiger partial charge in [0.05, 0.1) is 6.07 Å². The van der Waals surface area contributed by atoms with E-state index in [0.29, 0.717) is 0 Å². The Morgan fingerprint density at radius 2 is 1.38 bits per heavy atom. The van der Waals surface area contributed by atoms with E-state index >= 15 is 0 Å². The van der Waals surface area contributed by atoms with Crippen LogP contribution in [0.1, 0.15) is 19.8 Å². The molecule has 0 aromatic rings. The van der Waals surface area contributed by atoms with Crippen molar-refractivity contribution in [2.45, 2.75) is 19.8 Å². The minimum Gasteiger partial charge on any atom is -0.412 e. The monoisotopic (exact) mass is 261 g/mol. The van der Waals surface area contributed by atoms with Crippen LogP contribution >= 0.6 is 7.82 Å². The molecule has 8 nitrogen and oxygen atoms in total. The fourth-order valence-electron chi connectivity index (χ4n) is 0.510. The maximum atomic E-state index is 8.88. The van der Waals surface area contributed by atoms with Crippen LogP contribution in [0.25, 0.3) is 0 Å². The molecule has 1 fully saturated rings. The van der Waals surface area contributed by atoms with Crippen LogP contribution in [0.3, 0.4) is 0 Å². The third-order valence-electron chi connectivity index (χ3n) is 0.827. The van der Waals surface area contributed by atoms with Crippen LogP contribution in [0.2, 0.25) is 0 Å². The molecule has 1 rings (SSSR count). The Hall–Kier alpha value is -0.520. The zero-order valence-corrected chi connectivity index (χ0v) is 10.2. The van der Waals surface area contributed by atoms with Crippen molar-refractivity contribution in [3.05, 3.63) is 0 Å². The fourth-order valence-corrected chi connectivity index (χ4v) is 0.510. The zero-order valence-electron chi connectivity index (χ0n) is 9.33. The minimum atomic E-state index is -4.64. The smallest absolute Gasteiger partial charge is 0.412 e. The molecule has 0 aromatic heterocycles. The highest BCUT2D eigenvalue weighted by atomic mass is 31.2. The predicted molar refractivity (Wildman–Crippen MR) is 57.4 cm³/mol. The first kappa shape index (κ1) is 24.6. The Balaban J connectivity index is -0.0000000626. The van der Waals surface area contributed by atoms with Gasteiger partial charge in [-0.1, -0.05) is 0 Å². The average Bonchev–Trinajstić information content (AvgIpc) is 2.61. The Bertz CT molecular complexity index is 168. The van der Waals surface area contributed by atoms with Crippen LogP contribution in [-0.2, 0) is 9.30 Å². The number of nitrogens with zero attached hydrogens (tertiary/aromatic N) is 1. The van der Waals surface area contributed by atoms with Gasteiger partial charge in [-0.05, 0) is 12.8 Å². The molecule has 0 atom stereocenters. The second-order valence-electron chi connectivity index (χ2n) is 2.06. The van der Waals surface area contributed by atoms with Crippen LogP contribution in [-0.4, -0.2) is 45.6 Å². The lowest BCUT2D eigenvalue weighted by Gasteiger charge is -1.82. The largest absolute Gasteiger partial charge is 0.466 e. The van der Waals surface area contributed by atoms with Crippen molar-refractivity contribution >= 4 is 7.82 Å². The van der Waals surface area contributed by atoms with E-state index in [-0.39, 0.29) is 5.48 Å². The molecule has 0 aliphatic carbocycles. The van der Waals surface area contributed by atoms with E-state index in [9.17, 15) is 0 Å². The van der Waals surface area contributed by atoms with Gasteiger partial charge in [0.1, 0.15) is 0 Å². The van der Waals surface area contributed by atoms with Crippen molar-refractivity contribution in [3.8, 4) is 6.07 Å². The first-order chi connectivity index (χ1) is 6.91. The highest BCUT2D eigenvalue weighted by molar-refractivity contribution is 7.45. The number of hydrogen-bond donors (Lipinski definition) is 4. The van der Waals surface area contributed by atoms with E-state index in [1.807, 2.05) is 0 Å². The van der Waals surface area contributed by atoms with Gasteiger partial charge in [0.15, 0.2) is 0 Å². The molecule has 9 heteroatoms. The summed E-state index contributed by atoms with van der Waals surface area (Å²) in [4.78, 5) is 21.6. The summed E-state index contributed by atoms with van der Waals surface area (Å²) < 4.78 is 13.8. The van der Waals surface area contributed by atoms with Crippen molar-refractivity contribution in [1.82, 2.24) is 0 Å². The van der Waals surface area contributed by atoms with Gasteiger partial charge in [-0.2, -0.15) is 5.26 Å². The van der Waals surface area contributed by atoms with Gasteiger partial charge in [0.25, 0.3) is 0 Å². The Morgan fingerprint density at radius 3 is 1.44 bits per heavy atom. The molecule has 1 aliphatic rings. The summed E-state index contributed by atoms with van der Waals surface area (Å²) in [7, 11) is -3.64. The number of hydrogen-bond acceptors (Lipinski definition) is 4. The molecule has 1 saturated heterocycles. The molecule has 0 bridgehead atoms. The molecule has 0 unspecified atom stereocenters. The van der Waals surface area contributed by atoms with E-state index < -0.39 is 7.82 Å². The van der Waals surface area contributed by atoms with E-state index in [2.05, 4.69) is 0 Å². The lowest BCUT2D eigenvalue weighted by atomic mass is 10.4. The summed E-state index contributed by atoms with van der Waals surface area (Å²) in [6.45, 7) is 3.43. The summed E-state index contributed by atoms with van der Waals surface area (Å²) in [5.41, 5.74) is 0. The number of phosphoric acid groups is 1. The standard InChI is InChI=1S/C4H8O.C2H3N.CH4O.H3O4P.H2O/c1-2-4-5-3-1;1-2-3;1-2;1-5(2,3)4;/h1-4H2;1H3;2H,1H3;(H3,1,2,3,4);1H2. The first-order valence-electron chi connectivity index (χ1n) is 4.03. The summed E-state index contributed by atoms with van der Waals surface area (Å²) in [6, 6.07) is 1.75. The van der Waals surface area contributed by atoms with Gasteiger partial charge in [0, 0.05) is 27.2 Å². The van der Waals surface area contributed by atoms with Crippen molar-refractivity contribution in [1.29, 1.82) is 5.26 Å². The summed E-state index contributed by atoms with van der Waals surface area (Å²) in [5, 5.41) is 14.3. The van der Waals surface area contributed by atoms with Crippen molar-refractivity contribution in [3.63, 3.8) is 0 Å². The minimum absolute atomic E-state index is 0. The van der Waals surface area contributed by atoms with Crippen LogP contribution in [0, 0.1) is 11.3 Å². The van der Waals surface area contributed by atoms with Crippen molar-refractivity contribution < 1.29 is 34.6 Å². The highest BCUT2D eigenvalue weighted by Gasteiger charge is 2.00. The van der Waals surface area contributed by atoms with Gasteiger partial charge in [-0.25, -0.2) is 4.57 Å². The molecule has 0 amide bonds. The van der Waals surface area contributed by atoms with Gasteiger partial charge < -0.3 is 30.0 Å². The highest BCUT2D eigenvalue weighted by Crippen LogP contribution is 2.25.